The molecule has 1 aromatic rings. The van der Waals surface area contributed by atoms with E-state index in [-0.39, 0.29) is 11.6 Å². The van der Waals surface area contributed by atoms with Gasteiger partial charge in [0.25, 0.3) is 0 Å². The van der Waals surface area contributed by atoms with Crippen LogP contribution in [0, 0.1) is 0 Å². The summed E-state index contributed by atoms with van der Waals surface area (Å²) in [5.41, 5.74) is 5.33. The molecule has 1 saturated heterocycles. The van der Waals surface area contributed by atoms with Crippen molar-refractivity contribution in [1.82, 2.24) is 10.1 Å². The molecular weight excluding hydrogens is 246 g/mol. The van der Waals surface area contributed by atoms with Gasteiger partial charge in [-0.1, -0.05) is 5.16 Å². The fourth-order valence-electron chi connectivity index (χ4n) is 3.01. The van der Waals surface area contributed by atoms with Gasteiger partial charge in [-0.3, -0.25) is 0 Å². The minimum Gasteiger partial charge on any atom is -0.379 e. The van der Waals surface area contributed by atoms with Crippen LogP contribution in [0.25, 0.3) is 0 Å². The Morgan fingerprint density at radius 1 is 1.37 bits per heavy atom. The van der Waals surface area contributed by atoms with Crippen LogP contribution in [0.1, 0.15) is 44.3 Å². The Morgan fingerprint density at radius 2 is 2.11 bits per heavy atom. The number of rotatable bonds is 3. The quantitative estimate of drug-likeness (QED) is 0.883. The summed E-state index contributed by atoms with van der Waals surface area (Å²) < 4.78 is 16.6. The summed E-state index contributed by atoms with van der Waals surface area (Å²) in [6.07, 6.45) is 4.17. The van der Waals surface area contributed by atoms with Crippen LogP contribution in [0.5, 0.6) is 0 Å². The van der Waals surface area contributed by atoms with Crippen molar-refractivity contribution in [2.24, 2.45) is 5.73 Å². The van der Waals surface area contributed by atoms with Crippen LogP contribution >= 0.6 is 0 Å². The average molecular weight is 267 g/mol. The lowest BCUT2D eigenvalue weighted by Gasteiger charge is -2.24. The summed E-state index contributed by atoms with van der Waals surface area (Å²) >= 11 is 0. The second-order valence-electron chi connectivity index (χ2n) is 5.87. The molecule has 2 atom stereocenters. The van der Waals surface area contributed by atoms with E-state index in [2.05, 4.69) is 10.1 Å². The first kappa shape index (κ1) is 13.0. The Kier molecular flexibility index (Phi) is 3.11. The van der Waals surface area contributed by atoms with E-state index >= 15 is 0 Å². The second kappa shape index (κ2) is 4.54. The van der Waals surface area contributed by atoms with Crippen molar-refractivity contribution in [2.75, 3.05) is 20.3 Å². The molecule has 2 aliphatic rings. The predicted molar refractivity (Wildman–Crippen MR) is 67.6 cm³/mol. The number of nitrogens with two attached hydrogens (primary N) is 1. The van der Waals surface area contributed by atoms with Crippen molar-refractivity contribution in [3.8, 4) is 0 Å². The van der Waals surface area contributed by atoms with E-state index in [4.69, 9.17) is 19.7 Å². The molecule has 1 aliphatic carbocycles. The smallest absolute Gasteiger partial charge is 0.236 e. The molecular formula is C13H21N3O3. The Hall–Kier alpha value is -0.980. The fourth-order valence-corrected chi connectivity index (χ4v) is 3.01. The van der Waals surface area contributed by atoms with Gasteiger partial charge in [-0.15, -0.1) is 0 Å². The first-order valence-electron chi connectivity index (χ1n) is 6.84. The zero-order valence-corrected chi connectivity index (χ0v) is 11.5. The highest BCUT2D eigenvalue weighted by Gasteiger charge is 2.46. The number of methoxy groups -OCH3 is 1. The van der Waals surface area contributed by atoms with Gasteiger partial charge >= 0.3 is 0 Å². The van der Waals surface area contributed by atoms with Crippen LogP contribution in [0.15, 0.2) is 4.52 Å². The minimum absolute atomic E-state index is 0.108. The summed E-state index contributed by atoms with van der Waals surface area (Å²) in [6, 6.07) is -0.108. The molecule has 2 heterocycles. The van der Waals surface area contributed by atoms with E-state index in [9.17, 15) is 0 Å². The Bertz CT molecular complexity index is 436. The summed E-state index contributed by atoms with van der Waals surface area (Å²) in [7, 11) is 1.72. The normalized spacial score (nSPS) is 33.9. The Labute approximate surface area is 112 Å². The maximum Gasteiger partial charge on any atom is 0.236 e. The van der Waals surface area contributed by atoms with Crippen molar-refractivity contribution < 1.29 is 14.0 Å². The lowest BCUT2D eigenvalue weighted by atomic mass is 9.85. The molecule has 0 amide bonds. The van der Waals surface area contributed by atoms with Gasteiger partial charge in [0.15, 0.2) is 0 Å². The lowest BCUT2D eigenvalue weighted by molar-refractivity contribution is -0.0178. The van der Waals surface area contributed by atoms with Gasteiger partial charge in [0.05, 0.1) is 18.6 Å². The molecule has 1 aliphatic heterocycles. The fraction of sp³-hybridized carbons (Fsp3) is 0.846. The van der Waals surface area contributed by atoms with Gasteiger partial charge in [0.2, 0.25) is 11.7 Å². The standard InChI is InChI=1S/C13H21N3O3/c1-12(8-18-7-9(12)14)11-15-10(16-19-11)13(17-2)5-3-4-6-13/h9H,3-8,14H2,1-2H3. The average Bonchev–Trinajstić information content (AvgIpc) is 3.11. The second-order valence-corrected chi connectivity index (χ2v) is 5.87. The number of aromatic nitrogens is 2. The van der Waals surface area contributed by atoms with Gasteiger partial charge in [0.1, 0.15) is 5.60 Å². The molecule has 6 nitrogen and oxygen atoms in total. The van der Waals surface area contributed by atoms with Crippen LogP contribution in [0.3, 0.4) is 0 Å². The lowest BCUT2D eigenvalue weighted by Crippen LogP contribution is -2.42. The Balaban J connectivity index is 1.91. The van der Waals surface area contributed by atoms with E-state index in [1.54, 1.807) is 7.11 Å². The minimum atomic E-state index is -0.390. The molecule has 0 radical (unpaired) electrons. The molecule has 2 unspecified atom stereocenters. The SMILES string of the molecule is COC1(c2noc(C3(C)COCC3N)n2)CCCC1. The van der Waals surface area contributed by atoms with Gasteiger partial charge in [0, 0.05) is 13.2 Å². The van der Waals surface area contributed by atoms with Gasteiger partial charge < -0.3 is 19.7 Å². The number of hydrogen-bond donors (Lipinski definition) is 1. The van der Waals surface area contributed by atoms with E-state index in [0.717, 1.165) is 25.7 Å². The van der Waals surface area contributed by atoms with Gasteiger partial charge in [-0.05, 0) is 32.6 Å². The zero-order chi connectivity index (χ0) is 13.5. The monoisotopic (exact) mass is 267 g/mol. The molecule has 0 aromatic carbocycles. The van der Waals surface area contributed by atoms with E-state index in [1.807, 2.05) is 6.92 Å². The van der Waals surface area contributed by atoms with Crippen LogP contribution in [0.2, 0.25) is 0 Å². The Morgan fingerprint density at radius 3 is 2.68 bits per heavy atom. The van der Waals surface area contributed by atoms with E-state index in [1.165, 1.54) is 0 Å². The first-order valence-corrected chi connectivity index (χ1v) is 6.84. The summed E-state index contributed by atoms with van der Waals surface area (Å²) in [4.78, 5) is 4.58. The summed E-state index contributed by atoms with van der Waals surface area (Å²) in [5.74, 6) is 1.22. The summed E-state index contributed by atoms with van der Waals surface area (Å²) in [6.45, 7) is 3.06. The number of ether oxygens (including phenoxy) is 2. The van der Waals surface area contributed by atoms with Gasteiger partial charge in [-0.2, -0.15) is 4.98 Å². The third kappa shape index (κ3) is 1.89. The molecule has 1 saturated carbocycles. The molecule has 2 fully saturated rings. The number of hydrogen-bond acceptors (Lipinski definition) is 6. The molecule has 106 valence electrons. The van der Waals surface area contributed by atoms with Crippen molar-refractivity contribution in [2.45, 2.75) is 49.7 Å². The van der Waals surface area contributed by atoms with Gasteiger partial charge in [-0.25, -0.2) is 0 Å². The maximum atomic E-state index is 6.09. The zero-order valence-electron chi connectivity index (χ0n) is 11.5. The number of nitrogens with zero attached hydrogens (tertiary/aromatic N) is 2. The van der Waals surface area contributed by atoms with E-state index in [0.29, 0.717) is 24.9 Å². The molecule has 0 bridgehead atoms. The first-order chi connectivity index (χ1) is 9.11. The van der Waals surface area contributed by atoms with E-state index < -0.39 is 5.41 Å². The van der Waals surface area contributed by atoms with Crippen molar-refractivity contribution in [1.29, 1.82) is 0 Å². The van der Waals surface area contributed by atoms with Crippen molar-refractivity contribution in [3.05, 3.63) is 11.7 Å². The van der Waals surface area contributed by atoms with Crippen LogP contribution < -0.4 is 5.73 Å². The molecule has 19 heavy (non-hydrogen) atoms. The third-order valence-corrected chi connectivity index (χ3v) is 4.64. The van der Waals surface area contributed by atoms with Crippen molar-refractivity contribution in [3.63, 3.8) is 0 Å². The highest BCUT2D eigenvalue weighted by molar-refractivity contribution is 5.14. The molecule has 3 rings (SSSR count). The predicted octanol–water partition coefficient (Wildman–Crippen LogP) is 1.10. The molecule has 1 aromatic heterocycles. The topological polar surface area (TPSA) is 83.4 Å². The molecule has 6 heteroatoms. The largest absolute Gasteiger partial charge is 0.379 e. The third-order valence-electron chi connectivity index (χ3n) is 4.64. The highest BCUT2D eigenvalue weighted by Crippen LogP contribution is 2.41. The van der Waals surface area contributed by atoms with Crippen LogP contribution in [0.4, 0.5) is 0 Å². The van der Waals surface area contributed by atoms with Crippen molar-refractivity contribution >= 4 is 0 Å². The maximum absolute atomic E-state index is 6.09. The highest BCUT2D eigenvalue weighted by atomic mass is 16.5. The molecule has 2 N–H and O–H groups in total. The van der Waals surface area contributed by atoms with Crippen LogP contribution in [-0.2, 0) is 20.5 Å². The molecule has 0 spiro atoms. The summed E-state index contributed by atoms with van der Waals surface area (Å²) in [5, 5.41) is 4.14. The van der Waals surface area contributed by atoms with Crippen LogP contribution in [-0.4, -0.2) is 36.5 Å².